The van der Waals surface area contributed by atoms with Gasteiger partial charge in [0.25, 0.3) is 0 Å². The minimum Gasteiger partial charge on any atom is -0.497 e. The summed E-state index contributed by atoms with van der Waals surface area (Å²) < 4.78 is 33.9. The molecule has 1 aliphatic carbocycles. The van der Waals surface area contributed by atoms with E-state index in [1.54, 1.807) is 24.3 Å². The second-order valence-corrected chi connectivity index (χ2v) is 7.45. The monoisotopic (exact) mass is 314 g/mol. The van der Waals surface area contributed by atoms with Crippen LogP contribution in [0, 0.1) is 5.41 Å². The normalized spacial score (nSPS) is 28.1. The second-order valence-electron chi connectivity index (χ2n) is 5.28. The van der Waals surface area contributed by atoms with Crippen LogP contribution in [0.3, 0.4) is 0 Å². The number of carbonyl (C=O) groups is 1. The van der Waals surface area contributed by atoms with Gasteiger partial charge in [-0.05, 0) is 17.7 Å². The number of aliphatic carboxylic acids is 1. The van der Waals surface area contributed by atoms with E-state index in [2.05, 4.69) is 0 Å². The third-order valence-electron chi connectivity index (χ3n) is 3.97. The van der Waals surface area contributed by atoms with Gasteiger partial charge >= 0.3 is 5.97 Å². The van der Waals surface area contributed by atoms with E-state index in [0.717, 1.165) is 6.26 Å². The van der Waals surface area contributed by atoms with E-state index in [-0.39, 0.29) is 6.61 Å². The first kappa shape index (κ1) is 15.8. The van der Waals surface area contributed by atoms with Crippen LogP contribution in [0.15, 0.2) is 24.3 Å². The molecule has 1 aromatic rings. The Labute approximate surface area is 123 Å². The summed E-state index contributed by atoms with van der Waals surface area (Å²) in [6.07, 6.45) is 1.06. The molecule has 1 saturated carbocycles. The fourth-order valence-corrected chi connectivity index (χ4v) is 4.94. The predicted molar refractivity (Wildman–Crippen MR) is 76.3 cm³/mol. The Morgan fingerprint density at radius 1 is 1.29 bits per heavy atom. The van der Waals surface area contributed by atoms with Crippen molar-refractivity contribution in [1.82, 2.24) is 0 Å². The summed E-state index contributed by atoms with van der Waals surface area (Å²) in [5, 5.41) is 8.56. The number of hydrogen-bond acceptors (Lipinski definition) is 5. The number of carboxylic acids is 1. The van der Waals surface area contributed by atoms with Crippen molar-refractivity contribution in [2.45, 2.75) is 11.2 Å². The first-order valence-corrected chi connectivity index (χ1v) is 8.29. The molecule has 0 aliphatic heterocycles. The van der Waals surface area contributed by atoms with Gasteiger partial charge in [0, 0.05) is 19.3 Å². The largest absolute Gasteiger partial charge is 0.497 e. The zero-order valence-electron chi connectivity index (χ0n) is 12.1. The van der Waals surface area contributed by atoms with E-state index in [4.69, 9.17) is 9.47 Å². The Balaban J connectivity index is 2.46. The van der Waals surface area contributed by atoms with E-state index < -0.39 is 32.4 Å². The Bertz CT molecular complexity index is 636. The lowest BCUT2D eigenvalue weighted by Gasteiger charge is -2.11. The third-order valence-corrected chi connectivity index (χ3v) is 5.59. The van der Waals surface area contributed by atoms with Gasteiger partial charge in [0.15, 0.2) is 9.84 Å². The predicted octanol–water partition coefficient (Wildman–Crippen LogP) is 0.923. The van der Waals surface area contributed by atoms with Gasteiger partial charge in [-0.2, -0.15) is 0 Å². The highest BCUT2D eigenvalue weighted by atomic mass is 32.2. The number of carboxylic acid groups (broad SMARTS) is 1. The second kappa shape index (κ2) is 5.31. The minimum absolute atomic E-state index is 0.142. The number of methoxy groups -OCH3 is 2. The van der Waals surface area contributed by atoms with Crippen LogP contribution in [0.4, 0.5) is 0 Å². The lowest BCUT2D eigenvalue weighted by Crippen LogP contribution is -2.28. The van der Waals surface area contributed by atoms with Crippen LogP contribution in [0.2, 0.25) is 0 Å². The van der Waals surface area contributed by atoms with Gasteiger partial charge in [0.05, 0.1) is 19.0 Å². The van der Waals surface area contributed by atoms with Gasteiger partial charge in [-0.25, -0.2) is 8.42 Å². The van der Waals surface area contributed by atoms with Gasteiger partial charge < -0.3 is 14.6 Å². The maximum Gasteiger partial charge on any atom is 0.314 e. The molecular formula is C14H18O6S. The van der Waals surface area contributed by atoms with E-state index in [1.807, 2.05) is 0 Å². The lowest BCUT2D eigenvalue weighted by atomic mass is 10.00. The summed E-state index contributed by atoms with van der Waals surface area (Å²) in [6, 6.07) is 6.77. The first-order chi connectivity index (χ1) is 9.79. The van der Waals surface area contributed by atoms with Crippen molar-refractivity contribution in [3.8, 4) is 5.75 Å². The zero-order valence-corrected chi connectivity index (χ0v) is 12.9. The fraction of sp³-hybridized carbons (Fsp3) is 0.500. The first-order valence-electron chi connectivity index (χ1n) is 6.34. The number of hydrogen-bond donors (Lipinski definition) is 1. The van der Waals surface area contributed by atoms with Crippen LogP contribution in [-0.4, -0.2) is 51.8 Å². The number of sulfone groups is 1. The molecule has 1 aliphatic rings. The van der Waals surface area contributed by atoms with Crippen LogP contribution in [0.25, 0.3) is 0 Å². The van der Waals surface area contributed by atoms with Crippen LogP contribution in [0.1, 0.15) is 11.5 Å². The number of rotatable bonds is 6. The fourth-order valence-electron chi connectivity index (χ4n) is 3.04. The highest BCUT2D eigenvalue weighted by Crippen LogP contribution is 2.63. The van der Waals surface area contributed by atoms with Crippen molar-refractivity contribution in [3.63, 3.8) is 0 Å². The molecule has 0 heterocycles. The molecule has 3 unspecified atom stereocenters. The molecule has 0 radical (unpaired) electrons. The third kappa shape index (κ3) is 2.51. The van der Waals surface area contributed by atoms with E-state index >= 15 is 0 Å². The van der Waals surface area contributed by atoms with Crippen molar-refractivity contribution < 1.29 is 27.8 Å². The molecule has 1 aromatic carbocycles. The van der Waals surface area contributed by atoms with E-state index in [9.17, 15) is 18.3 Å². The van der Waals surface area contributed by atoms with Crippen LogP contribution in [-0.2, 0) is 19.4 Å². The maximum absolute atomic E-state index is 12.0. The average Bonchev–Trinajstić information content (AvgIpc) is 3.10. The van der Waals surface area contributed by atoms with Crippen LogP contribution in [0.5, 0.6) is 5.75 Å². The van der Waals surface area contributed by atoms with Crippen molar-refractivity contribution in [1.29, 1.82) is 0 Å². The summed E-state index contributed by atoms with van der Waals surface area (Å²) in [5.41, 5.74) is -0.762. The molecule has 1 N–H and O–H groups in total. The smallest absolute Gasteiger partial charge is 0.314 e. The Morgan fingerprint density at radius 3 is 2.24 bits per heavy atom. The molecular weight excluding hydrogens is 296 g/mol. The quantitative estimate of drug-likeness (QED) is 0.840. The van der Waals surface area contributed by atoms with Crippen molar-refractivity contribution >= 4 is 15.8 Å². The van der Waals surface area contributed by atoms with Crippen LogP contribution >= 0.6 is 0 Å². The van der Waals surface area contributed by atoms with Gasteiger partial charge in [0.1, 0.15) is 11.2 Å². The molecule has 0 saturated heterocycles. The van der Waals surface area contributed by atoms with Gasteiger partial charge in [-0.3, -0.25) is 4.79 Å². The molecule has 2 rings (SSSR count). The van der Waals surface area contributed by atoms with E-state index in [1.165, 1.54) is 14.2 Å². The summed E-state index contributed by atoms with van der Waals surface area (Å²) in [6.45, 7) is -0.142. The number of benzene rings is 1. The number of ether oxygens (including phenoxy) is 2. The summed E-state index contributed by atoms with van der Waals surface area (Å²) >= 11 is 0. The van der Waals surface area contributed by atoms with E-state index in [0.29, 0.717) is 11.3 Å². The van der Waals surface area contributed by atoms with Gasteiger partial charge in [-0.15, -0.1) is 0 Å². The summed E-state index contributed by atoms with van der Waals surface area (Å²) in [5.74, 6) is -1.14. The molecule has 0 amide bonds. The highest BCUT2D eigenvalue weighted by Gasteiger charge is 2.74. The van der Waals surface area contributed by atoms with Crippen molar-refractivity contribution in [3.05, 3.63) is 29.8 Å². The molecule has 1 fully saturated rings. The Hall–Kier alpha value is -1.60. The Morgan fingerprint density at radius 2 is 1.86 bits per heavy atom. The molecule has 116 valence electrons. The molecule has 0 spiro atoms. The standard InChI is InChI=1S/C14H18O6S/c1-19-8-14(13(15)16)11(12(14)21(3,17)18)9-4-6-10(20-2)7-5-9/h4-7,11-12H,8H2,1-3H3,(H,15,16). The zero-order chi connectivity index (χ0) is 15.8. The van der Waals surface area contributed by atoms with Gasteiger partial charge in [0.2, 0.25) is 0 Å². The minimum atomic E-state index is -3.51. The SMILES string of the molecule is COCC1(C(=O)O)C(c2ccc(OC)cc2)C1S(C)(=O)=O. The summed E-state index contributed by atoms with van der Waals surface area (Å²) in [7, 11) is -0.615. The lowest BCUT2D eigenvalue weighted by molar-refractivity contribution is -0.145. The molecule has 6 nitrogen and oxygen atoms in total. The van der Waals surface area contributed by atoms with Gasteiger partial charge in [-0.1, -0.05) is 12.1 Å². The summed E-state index contributed by atoms with van der Waals surface area (Å²) in [4.78, 5) is 11.7. The molecule has 0 aromatic heterocycles. The molecule has 0 bridgehead atoms. The average molecular weight is 314 g/mol. The Kier molecular flexibility index (Phi) is 3.99. The van der Waals surface area contributed by atoms with Crippen molar-refractivity contribution in [2.24, 2.45) is 5.41 Å². The van der Waals surface area contributed by atoms with Crippen LogP contribution < -0.4 is 4.74 Å². The topological polar surface area (TPSA) is 89.9 Å². The molecule has 7 heteroatoms. The molecule has 21 heavy (non-hydrogen) atoms. The molecule has 3 atom stereocenters. The highest BCUT2D eigenvalue weighted by molar-refractivity contribution is 7.91. The van der Waals surface area contributed by atoms with Crippen molar-refractivity contribution in [2.75, 3.05) is 27.1 Å². The maximum atomic E-state index is 12.0.